The molecule has 4 heavy (non-hydrogen) atoms. The number of nitrogens with one attached hydrogen (secondary N) is 1. The van der Waals surface area contributed by atoms with Crippen LogP contribution in [-0.2, 0) is 0 Å². The van der Waals surface area contributed by atoms with Crippen LogP contribution in [0.2, 0.25) is 9.94 Å². The fourth-order valence-electron chi connectivity index (χ4n) is 0. The Balaban J connectivity index is 2.80. The van der Waals surface area contributed by atoms with Gasteiger partial charge in [-0.15, -0.1) is 0 Å². The van der Waals surface area contributed by atoms with E-state index in [0.29, 0.717) is 0 Å². The van der Waals surface area contributed by atoms with Crippen LogP contribution in [0.15, 0.2) is 0 Å². The quantitative estimate of drug-likeness (QED) is 0.529. The van der Waals surface area contributed by atoms with Crippen molar-refractivity contribution in [1.29, 1.82) is 3.60 Å². The fourth-order valence-corrected chi connectivity index (χ4v) is 0. The number of rotatable bonds is 0. The normalized spacial score (nSPS) is 8.75. The van der Waals surface area contributed by atoms with E-state index in [-0.39, 0.29) is 0 Å². The molecular formula is C2H7NTe. The molecule has 1 nitrogen and oxygen atoms in total. The van der Waals surface area contributed by atoms with Gasteiger partial charge in [0.05, 0.1) is 0 Å². The summed E-state index contributed by atoms with van der Waals surface area (Å²) in [5.74, 6) is 0. The zero-order chi connectivity index (χ0) is 3.58. The minimum atomic E-state index is -1.11. The Labute approximate surface area is 33.3 Å². The van der Waals surface area contributed by atoms with Crippen LogP contribution in [0.1, 0.15) is 0 Å². The SMILES string of the molecule is C[Te](C)=N. The second-order valence-corrected chi connectivity index (χ2v) is 5.48. The van der Waals surface area contributed by atoms with Crippen molar-refractivity contribution < 1.29 is 0 Å². The molecule has 0 fully saturated rings. The minimum absolute atomic E-state index is 1.11. The summed E-state index contributed by atoms with van der Waals surface area (Å²) in [6, 6.07) is 0. The van der Waals surface area contributed by atoms with Crippen molar-refractivity contribution in [2.45, 2.75) is 9.94 Å². The van der Waals surface area contributed by atoms with Gasteiger partial charge in [0.1, 0.15) is 0 Å². The molecular weight excluding hydrogens is 166 g/mol. The van der Waals surface area contributed by atoms with Crippen LogP contribution in [-0.4, -0.2) is 19.4 Å². The van der Waals surface area contributed by atoms with Gasteiger partial charge in [0, 0.05) is 0 Å². The molecule has 0 aliphatic rings. The molecule has 2 heteroatoms. The summed E-state index contributed by atoms with van der Waals surface area (Å²) in [4.78, 5) is 4.01. The van der Waals surface area contributed by atoms with Gasteiger partial charge in [0.25, 0.3) is 0 Å². The van der Waals surface area contributed by atoms with E-state index in [1.54, 1.807) is 0 Å². The summed E-state index contributed by atoms with van der Waals surface area (Å²) in [5, 5.41) is 0. The van der Waals surface area contributed by atoms with Crippen LogP contribution in [0.25, 0.3) is 0 Å². The summed E-state index contributed by atoms with van der Waals surface area (Å²) in [5.41, 5.74) is 0. The average molecular weight is 173 g/mol. The van der Waals surface area contributed by atoms with Crippen LogP contribution in [0, 0.1) is 3.60 Å². The predicted molar refractivity (Wildman–Crippen MR) is 20.2 cm³/mol. The van der Waals surface area contributed by atoms with Gasteiger partial charge in [0.2, 0.25) is 0 Å². The van der Waals surface area contributed by atoms with Crippen molar-refractivity contribution in [3.05, 3.63) is 0 Å². The van der Waals surface area contributed by atoms with Crippen LogP contribution in [0.5, 0.6) is 0 Å². The van der Waals surface area contributed by atoms with E-state index in [9.17, 15) is 0 Å². The molecule has 0 aliphatic carbocycles. The first-order valence-corrected chi connectivity index (χ1v) is 6.85. The zero-order valence-corrected chi connectivity index (χ0v) is 5.24. The van der Waals surface area contributed by atoms with Crippen molar-refractivity contribution >= 4 is 19.4 Å². The first kappa shape index (κ1) is 4.59. The molecule has 0 aromatic carbocycles. The van der Waals surface area contributed by atoms with E-state index in [1.165, 1.54) is 0 Å². The second kappa shape index (κ2) is 1.87. The molecule has 0 saturated carbocycles. The van der Waals surface area contributed by atoms with E-state index >= 15 is 0 Å². The Kier molecular flexibility index (Phi) is 2.14. The van der Waals surface area contributed by atoms with Crippen molar-refractivity contribution in [2.75, 3.05) is 0 Å². The van der Waals surface area contributed by atoms with Gasteiger partial charge in [-0.05, 0) is 0 Å². The van der Waals surface area contributed by atoms with Crippen LogP contribution in [0.4, 0.5) is 0 Å². The van der Waals surface area contributed by atoms with Crippen LogP contribution < -0.4 is 0 Å². The third-order valence-electron chi connectivity index (χ3n) is 0. The van der Waals surface area contributed by atoms with Gasteiger partial charge in [-0.25, -0.2) is 0 Å². The third-order valence-corrected chi connectivity index (χ3v) is 0. The molecule has 0 saturated heterocycles. The van der Waals surface area contributed by atoms with Crippen molar-refractivity contribution in [1.82, 2.24) is 0 Å². The first-order valence-electron chi connectivity index (χ1n) is 1.02. The molecule has 0 aromatic heterocycles. The second-order valence-electron chi connectivity index (χ2n) is 0.816. The first-order chi connectivity index (χ1) is 1.73. The number of hydrogen-bond acceptors (Lipinski definition) is 1. The Morgan fingerprint density at radius 1 is 1.50 bits per heavy atom. The van der Waals surface area contributed by atoms with Gasteiger partial charge < -0.3 is 0 Å². The third kappa shape index (κ3) is 18.8. The maximum atomic E-state index is 6.75. The molecule has 0 aromatic rings. The van der Waals surface area contributed by atoms with E-state index < -0.39 is 19.4 Å². The Hall–Kier alpha value is 0.590. The van der Waals surface area contributed by atoms with E-state index in [1.807, 2.05) is 9.94 Å². The molecule has 0 amide bonds. The molecule has 0 spiro atoms. The van der Waals surface area contributed by atoms with Gasteiger partial charge in [-0.1, -0.05) is 0 Å². The van der Waals surface area contributed by atoms with Crippen molar-refractivity contribution in [2.24, 2.45) is 0 Å². The van der Waals surface area contributed by atoms with Gasteiger partial charge in [0.15, 0.2) is 0 Å². The molecule has 1 N–H and O–H groups in total. The molecule has 0 atom stereocenters. The summed E-state index contributed by atoms with van der Waals surface area (Å²) >= 11 is -1.11. The molecule has 0 bridgehead atoms. The monoisotopic (exact) mass is 175 g/mol. The summed E-state index contributed by atoms with van der Waals surface area (Å²) in [7, 11) is 0. The Morgan fingerprint density at radius 2 is 1.50 bits per heavy atom. The Bertz CT molecular complexity index is 29.0. The zero-order valence-electron chi connectivity index (χ0n) is 2.91. The molecule has 0 unspecified atom stereocenters. The van der Waals surface area contributed by atoms with E-state index in [4.69, 9.17) is 3.60 Å². The molecule has 0 rings (SSSR count). The van der Waals surface area contributed by atoms with Crippen LogP contribution in [0.3, 0.4) is 0 Å². The molecule has 26 valence electrons. The van der Waals surface area contributed by atoms with Crippen LogP contribution >= 0.6 is 0 Å². The van der Waals surface area contributed by atoms with Gasteiger partial charge in [-0.3, -0.25) is 0 Å². The maximum absolute atomic E-state index is 6.75. The van der Waals surface area contributed by atoms with Crippen molar-refractivity contribution in [3.8, 4) is 0 Å². The standard InChI is InChI=1S/C2H7NTe/c1-4(2)3/h3H,1-2H3. The van der Waals surface area contributed by atoms with Gasteiger partial charge >= 0.3 is 32.9 Å². The Morgan fingerprint density at radius 3 is 1.50 bits per heavy atom. The number of hydrogen-bond donors (Lipinski definition) is 1. The summed E-state index contributed by atoms with van der Waals surface area (Å²) in [6.07, 6.45) is 0. The van der Waals surface area contributed by atoms with Crippen molar-refractivity contribution in [3.63, 3.8) is 0 Å². The average Bonchev–Trinajstić information content (AvgIpc) is 0.811. The molecule has 0 radical (unpaired) electrons. The van der Waals surface area contributed by atoms with E-state index in [2.05, 4.69) is 0 Å². The predicted octanol–water partition coefficient (Wildman–Crippen LogP) is 1.08. The fraction of sp³-hybridized carbons (Fsp3) is 1.00. The van der Waals surface area contributed by atoms with Gasteiger partial charge in [-0.2, -0.15) is 0 Å². The molecule has 0 aliphatic heterocycles. The molecule has 0 heterocycles. The summed E-state index contributed by atoms with van der Waals surface area (Å²) in [6.45, 7) is 0. The van der Waals surface area contributed by atoms with E-state index in [0.717, 1.165) is 0 Å². The topological polar surface area (TPSA) is 23.9 Å². The summed E-state index contributed by atoms with van der Waals surface area (Å²) < 4.78 is 6.75.